The van der Waals surface area contributed by atoms with Crippen LogP contribution in [0.25, 0.3) is 0 Å². The van der Waals surface area contributed by atoms with Crippen LogP contribution in [-0.2, 0) is 11.2 Å². The number of likely N-dealkylation sites (tertiary alicyclic amines) is 1. The van der Waals surface area contributed by atoms with Gasteiger partial charge in [0.1, 0.15) is 0 Å². The summed E-state index contributed by atoms with van der Waals surface area (Å²) in [5, 5.41) is 2.03. The molecule has 6 heteroatoms. The van der Waals surface area contributed by atoms with E-state index < -0.39 is 0 Å². The summed E-state index contributed by atoms with van der Waals surface area (Å²) in [6.45, 7) is 0.762. The van der Waals surface area contributed by atoms with Crippen LogP contribution < -0.4 is 5.69 Å². The highest BCUT2D eigenvalue weighted by atomic mass is 32.1. The van der Waals surface area contributed by atoms with Crippen molar-refractivity contribution in [3.05, 3.63) is 50.8 Å². The lowest BCUT2D eigenvalue weighted by Gasteiger charge is -2.24. The zero-order valence-corrected chi connectivity index (χ0v) is 12.4. The molecule has 5 nitrogen and oxygen atoms in total. The number of rotatable bonds is 4. The Morgan fingerprint density at radius 3 is 3.14 bits per heavy atom. The lowest BCUT2D eigenvalue weighted by molar-refractivity contribution is -0.132. The van der Waals surface area contributed by atoms with Gasteiger partial charge in [0.05, 0.1) is 6.04 Å². The molecule has 0 aromatic carbocycles. The van der Waals surface area contributed by atoms with E-state index >= 15 is 0 Å². The van der Waals surface area contributed by atoms with Crippen LogP contribution in [0.5, 0.6) is 0 Å². The summed E-state index contributed by atoms with van der Waals surface area (Å²) in [6.07, 6.45) is 4.67. The highest BCUT2D eigenvalue weighted by molar-refractivity contribution is 7.09. The zero-order chi connectivity index (χ0) is 14.7. The van der Waals surface area contributed by atoms with E-state index in [1.165, 1.54) is 11.1 Å². The average molecular weight is 303 g/mol. The number of carbonyl (C=O) groups excluding carboxylic acids is 1. The molecule has 3 rings (SSSR count). The minimum Gasteiger partial charge on any atom is -0.334 e. The number of aromatic nitrogens is 2. The first-order chi connectivity index (χ1) is 10.2. The number of hydrogen-bond donors (Lipinski definition) is 1. The normalized spacial score (nSPS) is 18.1. The Labute approximate surface area is 126 Å². The Kier molecular flexibility index (Phi) is 4.15. The number of hydrogen-bond acceptors (Lipinski definition) is 4. The smallest absolute Gasteiger partial charge is 0.334 e. The predicted molar refractivity (Wildman–Crippen MR) is 81.2 cm³/mol. The molecule has 0 spiro atoms. The fourth-order valence-electron chi connectivity index (χ4n) is 2.79. The number of nitrogens with zero attached hydrogens (tertiary/aromatic N) is 2. The van der Waals surface area contributed by atoms with Gasteiger partial charge in [0.25, 0.3) is 0 Å². The summed E-state index contributed by atoms with van der Waals surface area (Å²) in [6, 6.07) is 5.83. The molecule has 1 amide bonds. The van der Waals surface area contributed by atoms with E-state index in [9.17, 15) is 9.59 Å². The van der Waals surface area contributed by atoms with Crippen molar-refractivity contribution in [1.82, 2.24) is 14.9 Å². The molecular formula is C15H17N3O2S. The molecule has 1 aliphatic rings. The number of aromatic amines is 1. The van der Waals surface area contributed by atoms with Gasteiger partial charge in [0.15, 0.2) is 0 Å². The standard InChI is InChI=1S/C15H17N3O2S/c19-14(6-5-11-3-2-10-21-11)18-9-1-4-13(18)12-7-8-16-15(20)17-12/h2-3,7-8,10,13H,1,4-6,9H2,(H,16,17,20)/t13-/m0/s1. The molecule has 1 aliphatic heterocycles. The number of H-pyrrole nitrogens is 1. The molecule has 1 N–H and O–H groups in total. The Bertz CT molecular complexity index is 666. The third-order valence-corrected chi connectivity index (χ3v) is 4.73. The van der Waals surface area contributed by atoms with E-state index in [1.54, 1.807) is 17.4 Å². The van der Waals surface area contributed by atoms with E-state index in [-0.39, 0.29) is 17.6 Å². The lowest BCUT2D eigenvalue weighted by Crippen LogP contribution is -2.32. The summed E-state index contributed by atoms with van der Waals surface area (Å²) in [4.78, 5) is 33.3. The van der Waals surface area contributed by atoms with Crippen LogP contribution in [0.1, 0.15) is 35.9 Å². The Morgan fingerprint density at radius 2 is 2.38 bits per heavy atom. The van der Waals surface area contributed by atoms with Gasteiger partial charge in [0, 0.05) is 29.7 Å². The van der Waals surface area contributed by atoms with E-state index in [2.05, 4.69) is 16.0 Å². The molecule has 0 bridgehead atoms. The molecule has 0 aliphatic carbocycles. The number of thiophene rings is 1. The third kappa shape index (κ3) is 3.21. The number of amides is 1. The van der Waals surface area contributed by atoms with Crippen molar-refractivity contribution >= 4 is 17.2 Å². The highest BCUT2D eigenvalue weighted by Crippen LogP contribution is 2.30. The van der Waals surface area contributed by atoms with E-state index in [0.717, 1.165) is 31.5 Å². The van der Waals surface area contributed by atoms with Crippen molar-refractivity contribution < 1.29 is 4.79 Å². The van der Waals surface area contributed by atoms with Crippen molar-refractivity contribution in [3.63, 3.8) is 0 Å². The first-order valence-corrected chi connectivity index (χ1v) is 7.99. The monoisotopic (exact) mass is 303 g/mol. The molecule has 2 aromatic heterocycles. The summed E-state index contributed by atoms with van der Waals surface area (Å²) >= 11 is 1.68. The second-order valence-corrected chi connectivity index (χ2v) is 6.19. The fraction of sp³-hybridized carbons (Fsp3) is 0.400. The van der Waals surface area contributed by atoms with Crippen LogP contribution in [0.15, 0.2) is 34.6 Å². The molecule has 0 saturated carbocycles. The molecule has 2 aromatic rings. The number of carbonyl (C=O) groups is 1. The van der Waals surface area contributed by atoms with Gasteiger partial charge in [-0.15, -0.1) is 11.3 Å². The van der Waals surface area contributed by atoms with Gasteiger partial charge in [-0.3, -0.25) is 4.79 Å². The highest BCUT2D eigenvalue weighted by Gasteiger charge is 2.30. The second kappa shape index (κ2) is 6.22. The largest absolute Gasteiger partial charge is 0.345 e. The first-order valence-electron chi connectivity index (χ1n) is 7.11. The molecule has 1 saturated heterocycles. The van der Waals surface area contributed by atoms with E-state index in [4.69, 9.17) is 0 Å². The van der Waals surface area contributed by atoms with E-state index in [1.807, 2.05) is 16.3 Å². The Balaban J connectivity index is 1.68. The molecule has 1 fully saturated rings. The molecule has 110 valence electrons. The molecule has 3 heterocycles. The quantitative estimate of drug-likeness (QED) is 0.941. The maximum atomic E-state index is 12.4. The summed E-state index contributed by atoms with van der Waals surface area (Å²) in [7, 11) is 0. The van der Waals surface area contributed by atoms with Crippen LogP contribution in [-0.4, -0.2) is 27.3 Å². The lowest BCUT2D eigenvalue weighted by atomic mass is 10.1. The van der Waals surface area contributed by atoms with Gasteiger partial charge in [-0.25, -0.2) is 9.78 Å². The minimum absolute atomic E-state index is 0.0171. The minimum atomic E-state index is -0.356. The fourth-order valence-corrected chi connectivity index (χ4v) is 3.50. The molecular weight excluding hydrogens is 286 g/mol. The van der Waals surface area contributed by atoms with Gasteiger partial charge in [-0.1, -0.05) is 6.07 Å². The maximum Gasteiger partial charge on any atom is 0.345 e. The van der Waals surface area contributed by atoms with Gasteiger partial charge in [-0.05, 0) is 36.8 Å². The molecule has 0 radical (unpaired) electrons. The van der Waals surface area contributed by atoms with Crippen molar-refractivity contribution in [2.45, 2.75) is 31.7 Å². The van der Waals surface area contributed by atoms with Crippen LogP contribution in [0.2, 0.25) is 0 Å². The third-order valence-electron chi connectivity index (χ3n) is 3.79. The molecule has 0 unspecified atom stereocenters. The van der Waals surface area contributed by atoms with Crippen molar-refractivity contribution in [2.75, 3.05) is 6.54 Å². The van der Waals surface area contributed by atoms with Crippen LogP contribution >= 0.6 is 11.3 Å². The Morgan fingerprint density at radius 1 is 1.48 bits per heavy atom. The van der Waals surface area contributed by atoms with E-state index in [0.29, 0.717) is 6.42 Å². The van der Waals surface area contributed by atoms with Crippen molar-refractivity contribution in [3.8, 4) is 0 Å². The van der Waals surface area contributed by atoms with Gasteiger partial charge < -0.3 is 9.88 Å². The molecule has 21 heavy (non-hydrogen) atoms. The predicted octanol–water partition coefficient (Wildman–Crippen LogP) is 2.13. The number of aryl methyl sites for hydroxylation is 1. The average Bonchev–Trinajstić information content (AvgIpc) is 3.16. The molecule has 1 atom stereocenters. The van der Waals surface area contributed by atoms with Crippen LogP contribution in [0, 0.1) is 0 Å². The second-order valence-electron chi connectivity index (χ2n) is 5.15. The van der Waals surface area contributed by atoms with Crippen LogP contribution in [0.3, 0.4) is 0 Å². The first kappa shape index (κ1) is 14.0. The SMILES string of the molecule is O=C(CCc1cccs1)N1CCC[C@H]1c1ccnc(=O)[nH]1. The van der Waals surface area contributed by atoms with Gasteiger partial charge in [-0.2, -0.15) is 0 Å². The summed E-state index contributed by atoms with van der Waals surface area (Å²) < 4.78 is 0. The van der Waals surface area contributed by atoms with Crippen LogP contribution in [0.4, 0.5) is 0 Å². The number of nitrogens with one attached hydrogen (secondary N) is 1. The van der Waals surface area contributed by atoms with Gasteiger partial charge >= 0.3 is 5.69 Å². The Hall–Kier alpha value is -1.95. The summed E-state index contributed by atoms with van der Waals surface area (Å²) in [5.41, 5.74) is 0.433. The zero-order valence-electron chi connectivity index (χ0n) is 11.6. The van der Waals surface area contributed by atoms with Crippen molar-refractivity contribution in [1.29, 1.82) is 0 Å². The topological polar surface area (TPSA) is 66.1 Å². The van der Waals surface area contributed by atoms with Gasteiger partial charge in [0.2, 0.25) is 5.91 Å². The summed E-state index contributed by atoms with van der Waals surface area (Å²) in [5.74, 6) is 0.156. The van der Waals surface area contributed by atoms with Crippen molar-refractivity contribution in [2.24, 2.45) is 0 Å². The maximum absolute atomic E-state index is 12.4.